The van der Waals surface area contributed by atoms with E-state index in [1.807, 2.05) is 6.08 Å². The second kappa shape index (κ2) is 6.68. The van der Waals surface area contributed by atoms with Crippen LogP contribution in [-0.4, -0.2) is 11.6 Å². The monoisotopic (exact) mass is 304 g/mol. The molecule has 0 spiro atoms. The Balaban J connectivity index is 2.11. The summed E-state index contributed by atoms with van der Waals surface area (Å²) in [6.45, 7) is 10.6. The standard InChI is InChI=1S/C20H32O2/c1-13(2)6-9-18(21)15(4)16-10-11-20(5)17(16)8-7-14(3)12-19(20)22/h12-13,15-17H,6-11H2,1-5H3/t15-,16+,17+,20-/m1/s1. The van der Waals surface area contributed by atoms with E-state index in [-0.39, 0.29) is 11.3 Å². The number of Topliss-reactive ketones (excluding diaryl/α,β-unsaturated/α-hetero) is 1. The van der Waals surface area contributed by atoms with Gasteiger partial charge in [0.1, 0.15) is 5.78 Å². The zero-order valence-corrected chi connectivity index (χ0v) is 14.9. The van der Waals surface area contributed by atoms with Crippen molar-refractivity contribution >= 4 is 11.6 Å². The molecule has 2 aliphatic carbocycles. The highest BCUT2D eigenvalue weighted by Crippen LogP contribution is 2.54. The molecule has 1 fully saturated rings. The summed E-state index contributed by atoms with van der Waals surface area (Å²) >= 11 is 0. The van der Waals surface area contributed by atoms with Crippen molar-refractivity contribution in [2.24, 2.45) is 29.1 Å². The van der Waals surface area contributed by atoms with Crippen molar-refractivity contribution in [3.8, 4) is 0 Å². The Hall–Kier alpha value is -0.920. The van der Waals surface area contributed by atoms with E-state index in [0.29, 0.717) is 35.7 Å². The summed E-state index contributed by atoms with van der Waals surface area (Å²) < 4.78 is 0. The lowest BCUT2D eigenvalue weighted by molar-refractivity contribution is -0.128. The lowest BCUT2D eigenvalue weighted by Crippen LogP contribution is -2.35. The van der Waals surface area contributed by atoms with Gasteiger partial charge in [0.25, 0.3) is 0 Å². The SMILES string of the molecule is CC1=CC(=O)[C@]2(C)CC[C@@H]([C@@H](C)C(=O)CCC(C)C)[C@@H]2CC1. The fourth-order valence-corrected chi connectivity index (χ4v) is 4.50. The summed E-state index contributed by atoms with van der Waals surface area (Å²) in [4.78, 5) is 25.2. The summed E-state index contributed by atoms with van der Waals surface area (Å²) in [5.74, 6) is 2.17. The minimum absolute atomic E-state index is 0.108. The molecule has 0 bridgehead atoms. The molecule has 0 saturated heterocycles. The molecule has 0 amide bonds. The van der Waals surface area contributed by atoms with Crippen molar-refractivity contribution in [2.45, 2.75) is 73.1 Å². The quantitative estimate of drug-likeness (QED) is 0.718. The lowest BCUT2D eigenvalue weighted by Gasteiger charge is -2.33. The van der Waals surface area contributed by atoms with Crippen LogP contribution in [0.25, 0.3) is 0 Å². The summed E-state index contributed by atoms with van der Waals surface area (Å²) in [7, 11) is 0. The van der Waals surface area contributed by atoms with Crippen LogP contribution in [0.1, 0.15) is 73.1 Å². The van der Waals surface area contributed by atoms with Crippen LogP contribution in [0.2, 0.25) is 0 Å². The van der Waals surface area contributed by atoms with Crippen molar-refractivity contribution in [3.05, 3.63) is 11.6 Å². The molecule has 1 saturated carbocycles. The Bertz CT molecular complexity index is 474. The van der Waals surface area contributed by atoms with Crippen LogP contribution in [0.4, 0.5) is 0 Å². The number of ketones is 2. The van der Waals surface area contributed by atoms with E-state index in [2.05, 4.69) is 34.6 Å². The van der Waals surface area contributed by atoms with E-state index in [9.17, 15) is 9.59 Å². The normalized spacial score (nSPS) is 33.4. The van der Waals surface area contributed by atoms with Crippen LogP contribution in [0.15, 0.2) is 11.6 Å². The van der Waals surface area contributed by atoms with Gasteiger partial charge in [0.15, 0.2) is 5.78 Å². The van der Waals surface area contributed by atoms with Crippen molar-refractivity contribution in [1.29, 1.82) is 0 Å². The van der Waals surface area contributed by atoms with Crippen molar-refractivity contribution in [1.82, 2.24) is 0 Å². The predicted octanol–water partition coefficient (Wildman–Crippen LogP) is 4.97. The lowest BCUT2D eigenvalue weighted by atomic mass is 9.69. The van der Waals surface area contributed by atoms with Crippen LogP contribution in [0.3, 0.4) is 0 Å². The molecular weight excluding hydrogens is 272 g/mol. The molecule has 124 valence electrons. The zero-order chi connectivity index (χ0) is 16.5. The van der Waals surface area contributed by atoms with Crippen LogP contribution < -0.4 is 0 Å². The van der Waals surface area contributed by atoms with Gasteiger partial charge in [-0.25, -0.2) is 0 Å². The number of hydrogen-bond donors (Lipinski definition) is 0. The van der Waals surface area contributed by atoms with E-state index in [1.54, 1.807) is 0 Å². The van der Waals surface area contributed by atoms with E-state index >= 15 is 0 Å². The average molecular weight is 304 g/mol. The minimum Gasteiger partial charge on any atom is -0.299 e. The molecule has 22 heavy (non-hydrogen) atoms. The topological polar surface area (TPSA) is 34.1 Å². The zero-order valence-electron chi connectivity index (χ0n) is 14.9. The van der Waals surface area contributed by atoms with Crippen molar-refractivity contribution < 1.29 is 9.59 Å². The first-order valence-electron chi connectivity index (χ1n) is 9.00. The van der Waals surface area contributed by atoms with Crippen LogP contribution in [-0.2, 0) is 9.59 Å². The number of hydrogen-bond acceptors (Lipinski definition) is 2. The third-order valence-electron chi connectivity index (χ3n) is 6.24. The molecule has 0 heterocycles. The first kappa shape index (κ1) is 17.4. The van der Waals surface area contributed by atoms with E-state index in [1.165, 1.54) is 5.57 Å². The first-order valence-corrected chi connectivity index (χ1v) is 9.00. The van der Waals surface area contributed by atoms with Crippen LogP contribution in [0, 0.1) is 29.1 Å². The number of rotatable bonds is 5. The molecule has 2 rings (SSSR count). The minimum atomic E-state index is -0.227. The number of allylic oxidation sites excluding steroid dienone is 2. The van der Waals surface area contributed by atoms with Gasteiger partial charge in [-0.3, -0.25) is 9.59 Å². The largest absolute Gasteiger partial charge is 0.299 e. The predicted molar refractivity (Wildman–Crippen MR) is 90.6 cm³/mol. The highest BCUT2D eigenvalue weighted by molar-refractivity contribution is 5.96. The molecule has 2 heteroatoms. The van der Waals surface area contributed by atoms with Gasteiger partial charge in [0.2, 0.25) is 0 Å². The molecule has 0 aromatic rings. The summed E-state index contributed by atoms with van der Waals surface area (Å²) in [6, 6.07) is 0. The smallest absolute Gasteiger partial charge is 0.161 e. The molecule has 0 unspecified atom stereocenters. The molecule has 4 atom stereocenters. The highest BCUT2D eigenvalue weighted by Gasteiger charge is 2.51. The maximum Gasteiger partial charge on any atom is 0.161 e. The highest BCUT2D eigenvalue weighted by atomic mass is 16.1. The summed E-state index contributed by atoms with van der Waals surface area (Å²) in [5, 5.41) is 0. The fourth-order valence-electron chi connectivity index (χ4n) is 4.50. The van der Waals surface area contributed by atoms with Gasteiger partial charge in [0.05, 0.1) is 0 Å². The third-order valence-corrected chi connectivity index (χ3v) is 6.24. The maximum atomic E-state index is 12.6. The Morgan fingerprint density at radius 2 is 2.00 bits per heavy atom. The van der Waals surface area contributed by atoms with Crippen molar-refractivity contribution in [2.75, 3.05) is 0 Å². The Labute approximate surface area is 135 Å². The fraction of sp³-hybridized carbons (Fsp3) is 0.800. The molecule has 0 aromatic carbocycles. The first-order chi connectivity index (χ1) is 10.3. The Morgan fingerprint density at radius 1 is 1.32 bits per heavy atom. The number of fused-ring (bicyclic) bond motifs is 1. The van der Waals surface area contributed by atoms with Crippen LogP contribution >= 0.6 is 0 Å². The number of carbonyl (C=O) groups is 2. The Kier molecular flexibility index (Phi) is 5.29. The molecule has 2 aliphatic rings. The van der Waals surface area contributed by atoms with Gasteiger partial charge < -0.3 is 0 Å². The van der Waals surface area contributed by atoms with E-state index in [4.69, 9.17) is 0 Å². The van der Waals surface area contributed by atoms with Gasteiger partial charge in [0, 0.05) is 17.8 Å². The van der Waals surface area contributed by atoms with E-state index < -0.39 is 0 Å². The van der Waals surface area contributed by atoms with Gasteiger partial charge in [-0.05, 0) is 62.9 Å². The van der Waals surface area contributed by atoms with Gasteiger partial charge >= 0.3 is 0 Å². The average Bonchev–Trinajstić information content (AvgIpc) is 2.74. The molecule has 0 N–H and O–H groups in total. The summed E-state index contributed by atoms with van der Waals surface area (Å²) in [6.07, 6.45) is 7.61. The molecule has 0 aromatic heterocycles. The molecule has 2 nitrogen and oxygen atoms in total. The van der Waals surface area contributed by atoms with Gasteiger partial charge in [-0.2, -0.15) is 0 Å². The van der Waals surface area contributed by atoms with E-state index in [0.717, 1.165) is 32.1 Å². The van der Waals surface area contributed by atoms with Crippen LogP contribution in [0.5, 0.6) is 0 Å². The molecule has 0 aliphatic heterocycles. The third kappa shape index (κ3) is 3.36. The van der Waals surface area contributed by atoms with Crippen molar-refractivity contribution in [3.63, 3.8) is 0 Å². The molecular formula is C20H32O2. The van der Waals surface area contributed by atoms with Gasteiger partial charge in [-0.1, -0.05) is 33.3 Å². The van der Waals surface area contributed by atoms with Gasteiger partial charge in [-0.15, -0.1) is 0 Å². The Morgan fingerprint density at radius 3 is 2.64 bits per heavy atom. The number of carbonyl (C=O) groups excluding carboxylic acids is 2. The second-order valence-corrected chi connectivity index (χ2v) is 8.31. The maximum absolute atomic E-state index is 12.6. The summed E-state index contributed by atoms with van der Waals surface area (Å²) in [5.41, 5.74) is 0.979. The second-order valence-electron chi connectivity index (χ2n) is 8.31. The molecule has 0 radical (unpaired) electrons.